The Labute approximate surface area is 166 Å². The van der Waals surface area contributed by atoms with Gasteiger partial charge in [-0.25, -0.2) is 13.8 Å². The summed E-state index contributed by atoms with van der Waals surface area (Å²) in [7, 11) is 0. The molecule has 0 saturated carbocycles. The SMILES string of the molecule is O=C1C(Br)C(OCc2ccc(F)cc2F)=CNN1c1c(Cl)cccc1Cl. The molecule has 26 heavy (non-hydrogen) atoms. The Bertz CT molecular complexity index is 875. The molecule has 0 bridgehead atoms. The first-order chi connectivity index (χ1) is 12.4. The van der Waals surface area contributed by atoms with Crippen LogP contribution < -0.4 is 10.4 Å². The van der Waals surface area contributed by atoms with Gasteiger partial charge < -0.3 is 4.74 Å². The summed E-state index contributed by atoms with van der Waals surface area (Å²) < 4.78 is 32.1. The first-order valence-electron chi connectivity index (χ1n) is 7.33. The Kier molecular flexibility index (Phi) is 5.70. The van der Waals surface area contributed by atoms with Crippen molar-refractivity contribution in [2.24, 2.45) is 0 Å². The van der Waals surface area contributed by atoms with Crippen LogP contribution in [0.15, 0.2) is 48.4 Å². The predicted octanol–water partition coefficient (Wildman–Crippen LogP) is 4.94. The van der Waals surface area contributed by atoms with Crippen molar-refractivity contribution in [1.82, 2.24) is 5.43 Å². The second kappa shape index (κ2) is 7.82. The first-order valence-corrected chi connectivity index (χ1v) is 9.00. The molecule has 1 aliphatic heterocycles. The third-order valence-corrected chi connectivity index (χ3v) is 5.05. The number of hydrogen-bond acceptors (Lipinski definition) is 3. The highest BCUT2D eigenvalue weighted by atomic mass is 79.9. The van der Waals surface area contributed by atoms with Crippen molar-refractivity contribution < 1.29 is 18.3 Å². The standard InChI is InChI=1S/C17H11BrCl2F2N2O2/c18-15-14(26-8-9-4-5-10(21)6-13(9)22)7-23-24(17(15)25)16-11(19)2-1-3-12(16)20/h1-7,15,23H,8H2. The van der Waals surface area contributed by atoms with Crippen LogP contribution in [0.4, 0.5) is 14.5 Å². The molecule has 3 rings (SSSR count). The van der Waals surface area contributed by atoms with Crippen molar-refractivity contribution in [2.45, 2.75) is 11.4 Å². The molecule has 1 atom stereocenters. The third kappa shape index (κ3) is 3.79. The van der Waals surface area contributed by atoms with Crippen molar-refractivity contribution in [3.63, 3.8) is 0 Å². The van der Waals surface area contributed by atoms with Crippen molar-refractivity contribution in [1.29, 1.82) is 0 Å². The molecule has 1 unspecified atom stereocenters. The van der Waals surface area contributed by atoms with Crippen LogP contribution in [0, 0.1) is 11.6 Å². The maximum atomic E-state index is 13.7. The van der Waals surface area contributed by atoms with E-state index < -0.39 is 22.4 Å². The Hall–Kier alpha value is -1.83. The van der Waals surface area contributed by atoms with E-state index in [1.807, 2.05) is 0 Å². The maximum Gasteiger partial charge on any atom is 0.267 e. The highest BCUT2D eigenvalue weighted by Crippen LogP contribution is 2.35. The number of amides is 1. The van der Waals surface area contributed by atoms with Gasteiger partial charge in [0.15, 0.2) is 4.83 Å². The summed E-state index contributed by atoms with van der Waals surface area (Å²) in [4.78, 5) is 11.8. The zero-order chi connectivity index (χ0) is 18.8. The number of carbonyl (C=O) groups excluding carboxylic acids is 1. The van der Waals surface area contributed by atoms with E-state index in [2.05, 4.69) is 21.4 Å². The Morgan fingerprint density at radius 3 is 2.54 bits per heavy atom. The predicted molar refractivity (Wildman–Crippen MR) is 99.0 cm³/mol. The van der Waals surface area contributed by atoms with E-state index in [1.165, 1.54) is 17.3 Å². The van der Waals surface area contributed by atoms with E-state index in [1.54, 1.807) is 18.2 Å². The molecule has 0 radical (unpaired) electrons. The molecule has 0 aliphatic carbocycles. The number of benzene rings is 2. The molecule has 0 spiro atoms. The molecule has 9 heteroatoms. The number of carbonyl (C=O) groups is 1. The molecule has 1 amide bonds. The van der Waals surface area contributed by atoms with E-state index in [0.29, 0.717) is 15.7 Å². The zero-order valence-corrected chi connectivity index (χ0v) is 16.1. The summed E-state index contributed by atoms with van der Waals surface area (Å²) in [5.74, 6) is -1.59. The van der Waals surface area contributed by atoms with Crippen LogP contribution in [-0.4, -0.2) is 10.7 Å². The summed E-state index contributed by atoms with van der Waals surface area (Å²) in [5, 5.41) is 1.78. The van der Waals surface area contributed by atoms with E-state index >= 15 is 0 Å². The van der Waals surface area contributed by atoms with Gasteiger partial charge in [-0.1, -0.05) is 45.2 Å². The highest BCUT2D eigenvalue weighted by molar-refractivity contribution is 9.10. The van der Waals surface area contributed by atoms with Crippen LogP contribution in [0.2, 0.25) is 10.0 Å². The number of halogens is 5. The largest absolute Gasteiger partial charge is 0.490 e. The Morgan fingerprint density at radius 1 is 1.19 bits per heavy atom. The van der Waals surface area contributed by atoms with Crippen molar-refractivity contribution >= 4 is 50.7 Å². The molecule has 0 saturated heterocycles. The number of nitrogens with zero attached hydrogens (tertiary/aromatic N) is 1. The van der Waals surface area contributed by atoms with Gasteiger partial charge in [0, 0.05) is 11.6 Å². The zero-order valence-electron chi connectivity index (χ0n) is 13.0. The van der Waals surface area contributed by atoms with Gasteiger partial charge >= 0.3 is 0 Å². The van der Waals surface area contributed by atoms with Crippen molar-refractivity contribution in [3.8, 4) is 0 Å². The van der Waals surface area contributed by atoms with E-state index in [9.17, 15) is 13.6 Å². The molecule has 1 heterocycles. The third-order valence-electron chi connectivity index (χ3n) is 3.59. The van der Waals surface area contributed by atoms with Crippen LogP contribution in [0.5, 0.6) is 0 Å². The molecule has 2 aromatic rings. The van der Waals surface area contributed by atoms with Gasteiger partial charge in [-0.15, -0.1) is 0 Å². The fourth-order valence-corrected chi connectivity index (χ4v) is 3.33. The van der Waals surface area contributed by atoms with Crippen molar-refractivity contribution in [2.75, 3.05) is 5.01 Å². The quantitative estimate of drug-likeness (QED) is 0.652. The van der Waals surface area contributed by atoms with Gasteiger partial charge in [0.25, 0.3) is 5.91 Å². The topological polar surface area (TPSA) is 41.6 Å². The number of anilines is 1. The van der Waals surface area contributed by atoms with Crippen LogP contribution in [0.3, 0.4) is 0 Å². The molecule has 136 valence electrons. The van der Waals surface area contributed by atoms with Gasteiger partial charge in [0.05, 0.1) is 16.2 Å². The van der Waals surface area contributed by atoms with Crippen LogP contribution in [0.25, 0.3) is 0 Å². The normalized spacial score (nSPS) is 17.0. The lowest BCUT2D eigenvalue weighted by atomic mass is 10.2. The number of alkyl halides is 1. The average Bonchev–Trinajstić information content (AvgIpc) is 2.59. The summed E-state index contributed by atoms with van der Waals surface area (Å²) in [6.45, 7) is -0.165. The number of hydrazine groups is 1. The molecule has 0 aromatic heterocycles. The lowest BCUT2D eigenvalue weighted by Gasteiger charge is -2.31. The molecule has 4 nitrogen and oxygen atoms in total. The van der Waals surface area contributed by atoms with Crippen LogP contribution in [-0.2, 0) is 16.1 Å². The summed E-state index contributed by atoms with van der Waals surface area (Å²) in [5.41, 5.74) is 3.22. The number of para-hydroxylation sites is 1. The molecular formula is C17H11BrCl2F2N2O2. The van der Waals surface area contributed by atoms with Crippen LogP contribution >= 0.6 is 39.1 Å². The van der Waals surface area contributed by atoms with Gasteiger partial charge in [-0.05, 0) is 24.3 Å². The molecule has 1 N–H and O–H groups in total. The summed E-state index contributed by atoms with van der Waals surface area (Å²) in [6.07, 6.45) is 1.43. The fourth-order valence-electron chi connectivity index (χ4n) is 2.29. The monoisotopic (exact) mass is 462 g/mol. The number of nitrogens with one attached hydrogen (secondary N) is 1. The highest BCUT2D eigenvalue weighted by Gasteiger charge is 2.33. The molecule has 1 aliphatic rings. The fraction of sp³-hybridized carbons (Fsp3) is 0.118. The number of rotatable bonds is 4. The minimum absolute atomic E-state index is 0.163. The molecule has 2 aromatic carbocycles. The number of ether oxygens (including phenoxy) is 1. The molecule has 0 fully saturated rings. The van der Waals surface area contributed by atoms with Gasteiger partial charge in [0.1, 0.15) is 29.7 Å². The Balaban J connectivity index is 1.77. The minimum Gasteiger partial charge on any atom is -0.490 e. The smallest absolute Gasteiger partial charge is 0.267 e. The second-order valence-electron chi connectivity index (χ2n) is 5.31. The lowest BCUT2D eigenvalue weighted by molar-refractivity contribution is -0.119. The average molecular weight is 464 g/mol. The summed E-state index contributed by atoms with van der Waals surface area (Å²) in [6, 6.07) is 8.05. The van der Waals surface area contributed by atoms with E-state index in [0.717, 1.165) is 12.1 Å². The maximum absolute atomic E-state index is 13.7. The number of hydrogen-bond donors (Lipinski definition) is 1. The Morgan fingerprint density at radius 2 is 1.88 bits per heavy atom. The van der Waals surface area contributed by atoms with Gasteiger partial charge in [-0.2, -0.15) is 0 Å². The summed E-state index contributed by atoms with van der Waals surface area (Å²) >= 11 is 15.5. The van der Waals surface area contributed by atoms with E-state index in [-0.39, 0.29) is 17.9 Å². The first kappa shape index (κ1) is 18.9. The van der Waals surface area contributed by atoms with Crippen molar-refractivity contribution in [3.05, 3.63) is 75.6 Å². The molecular weight excluding hydrogens is 453 g/mol. The second-order valence-corrected chi connectivity index (χ2v) is 7.04. The van der Waals surface area contributed by atoms with E-state index in [4.69, 9.17) is 27.9 Å². The van der Waals surface area contributed by atoms with Gasteiger partial charge in [-0.3, -0.25) is 10.2 Å². The van der Waals surface area contributed by atoms with Crippen LogP contribution in [0.1, 0.15) is 5.56 Å². The minimum atomic E-state index is -0.834. The van der Waals surface area contributed by atoms with Gasteiger partial charge in [0.2, 0.25) is 0 Å². The lowest BCUT2D eigenvalue weighted by Crippen LogP contribution is -2.49.